The summed E-state index contributed by atoms with van der Waals surface area (Å²) in [6.07, 6.45) is 0. The highest BCUT2D eigenvalue weighted by molar-refractivity contribution is 6.20. The van der Waals surface area contributed by atoms with E-state index in [0.29, 0.717) is 56.8 Å². The minimum absolute atomic E-state index is 0.129. The summed E-state index contributed by atoms with van der Waals surface area (Å²) in [5.41, 5.74) is 2.46. The number of hydrogen-bond acceptors (Lipinski definition) is 7. The number of aromatic nitrogens is 1. The van der Waals surface area contributed by atoms with Crippen molar-refractivity contribution in [2.45, 2.75) is 5.92 Å². The molecule has 0 spiro atoms. The number of anilines is 1. The molecule has 9 nitrogen and oxygen atoms in total. The largest absolute Gasteiger partial charge is 0.507 e. The van der Waals surface area contributed by atoms with Gasteiger partial charge in [0.05, 0.1) is 45.2 Å². The Kier molecular flexibility index (Phi) is 6.25. The fraction of sp³-hybridized carbons (Fsp3) is 0.259. The number of halogens is 1. The van der Waals surface area contributed by atoms with Crippen LogP contribution in [0.4, 0.5) is 5.69 Å². The molecule has 0 fully saturated rings. The second-order valence-corrected chi connectivity index (χ2v) is 8.92. The quantitative estimate of drug-likeness (QED) is 0.275. The van der Waals surface area contributed by atoms with Gasteiger partial charge in [0.1, 0.15) is 11.4 Å². The molecule has 1 amide bonds. The van der Waals surface area contributed by atoms with Crippen LogP contribution in [0.1, 0.15) is 32.3 Å². The molecule has 0 saturated carbocycles. The Morgan fingerprint density at radius 3 is 2.49 bits per heavy atom. The van der Waals surface area contributed by atoms with E-state index in [1.54, 1.807) is 35.2 Å². The van der Waals surface area contributed by atoms with Crippen LogP contribution in [-0.4, -0.2) is 62.8 Å². The van der Waals surface area contributed by atoms with Crippen LogP contribution in [0, 0.1) is 0 Å². The van der Waals surface area contributed by atoms with Crippen molar-refractivity contribution < 1.29 is 33.6 Å². The number of carbonyl (C=O) groups is 2. The molecule has 0 unspecified atom stereocenters. The first-order valence-corrected chi connectivity index (χ1v) is 12.0. The van der Waals surface area contributed by atoms with E-state index in [-0.39, 0.29) is 29.0 Å². The van der Waals surface area contributed by atoms with Crippen molar-refractivity contribution in [1.82, 2.24) is 4.98 Å². The lowest BCUT2D eigenvalue weighted by Gasteiger charge is -2.18. The first-order valence-electron chi connectivity index (χ1n) is 11.4. The first kappa shape index (κ1) is 24.6. The van der Waals surface area contributed by atoms with Crippen molar-refractivity contribution in [2.75, 3.05) is 45.8 Å². The summed E-state index contributed by atoms with van der Waals surface area (Å²) in [5.74, 6) is 0.316. The van der Waals surface area contributed by atoms with Gasteiger partial charge in [-0.25, -0.2) is 4.79 Å². The number of methoxy groups -OCH3 is 4. The van der Waals surface area contributed by atoms with Crippen LogP contribution in [0.3, 0.4) is 0 Å². The highest BCUT2D eigenvalue weighted by Crippen LogP contribution is 2.47. The Morgan fingerprint density at radius 2 is 1.84 bits per heavy atom. The molecule has 10 heteroatoms. The number of hydrogen-bond donors (Lipinski definition) is 2. The molecule has 37 heavy (non-hydrogen) atoms. The molecule has 1 aromatic heterocycles. The van der Waals surface area contributed by atoms with E-state index in [0.717, 1.165) is 5.56 Å². The lowest BCUT2D eigenvalue weighted by Crippen LogP contribution is -2.30. The molecule has 0 radical (unpaired) electrons. The van der Waals surface area contributed by atoms with Crippen molar-refractivity contribution >= 4 is 50.8 Å². The number of phenols is 1. The third-order valence-electron chi connectivity index (χ3n) is 6.75. The van der Waals surface area contributed by atoms with Gasteiger partial charge >= 0.3 is 5.97 Å². The van der Waals surface area contributed by atoms with Crippen LogP contribution >= 0.6 is 11.6 Å². The molecule has 0 saturated heterocycles. The van der Waals surface area contributed by atoms with E-state index >= 15 is 0 Å². The lowest BCUT2D eigenvalue weighted by molar-refractivity contribution is 0.0602. The zero-order valence-corrected chi connectivity index (χ0v) is 21.4. The topological polar surface area (TPSA) is 110 Å². The fourth-order valence-electron chi connectivity index (χ4n) is 5.14. The molecule has 1 atom stereocenters. The number of amides is 1. The summed E-state index contributed by atoms with van der Waals surface area (Å²) in [6.45, 7) is 0.303. The van der Waals surface area contributed by atoms with Gasteiger partial charge < -0.3 is 33.9 Å². The Labute approximate surface area is 217 Å². The number of benzene rings is 3. The molecule has 192 valence electrons. The summed E-state index contributed by atoms with van der Waals surface area (Å²) < 4.78 is 21.3. The average molecular weight is 525 g/mol. The molecule has 0 aliphatic carbocycles. The number of fused-ring (bicyclic) bond motifs is 4. The van der Waals surface area contributed by atoms with Crippen LogP contribution in [0.2, 0.25) is 0 Å². The first-order chi connectivity index (χ1) is 17.9. The molecule has 1 aliphatic rings. The third-order valence-corrected chi connectivity index (χ3v) is 7.12. The number of alkyl halides is 1. The molecular formula is C27H25ClN2O7. The molecule has 2 N–H and O–H groups in total. The molecule has 3 aromatic carbocycles. The number of carbonyl (C=O) groups excluding carboxylic acids is 2. The van der Waals surface area contributed by atoms with Gasteiger partial charge in [0.2, 0.25) is 5.75 Å². The van der Waals surface area contributed by atoms with Gasteiger partial charge in [-0.2, -0.15) is 0 Å². The van der Waals surface area contributed by atoms with Gasteiger partial charge in [0.25, 0.3) is 5.91 Å². The lowest BCUT2D eigenvalue weighted by atomic mass is 9.93. The summed E-state index contributed by atoms with van der Waals surface area (Å²) in [5, 5.41) is 12.7. The van der Waals surface area contributed by atoms with Crippen LogP contribution in [-0.2, 0) is 4.74 Å². The van der Waals surface area contributed by atoms with Crippen molar-refractivity contribution in [1.29, 1.82) is 0 Å². The number of ether oxygens (including phenoxy) is 4. The molecular weight excluding hydrogens is 500 g/mol. The van der Waals surface area contributed by atoms with Gasteiger partial charge in [0.15, 0.2) is 11.5 Å². The average Bonchev–Trinajstić information content (AvgIpc) is 3.52. The summed E-state index contributed by atoms with van der Waals surface area (Å²) in [6, 6.07) is 10.1. The van der Waals surface area contributed by atoms with Crippen molar-refractivity contribution in [3.63, 3.8) is 0 Å². The molecule has 0 bridgehead atoms. The van der Waals surface area contributed by atoms with Crippen LogP contribution in [0.25, 0.3) is 21.7 Å². The number of rotatable bonds is 6. The fourth-order valence-corrected chi connectivity index (χ4v) is 5.39. The Morgan fingerprint density at radius 1 is 1.08 bits per heavy atom. The van der Waals surface area contributed by atoms with Crippen LogP contribution < -0.4 is 19.1 Å². The number of esters is 1. The van der Waals surface area contributed by atoms with Gasteiger partial charge in [-0.3, -0.25) is 4.79 Å². The Hall–Kier alpha value is -4.11. The maximum Gasteiger partial charge on any atom is 0.338 e. The van der Waals surface area contributed by atoms with E-state index in [9.17, 15) is 14.7 Å². The third kappa shape index (κ3) is 3.69. The van der Waals surface area contributed by atoms with E-state index in [1.165, 1.54) is 34.5 Å². The zero-order chi connectivity index (χ0) is 26.4. The summed E-state index contributed by atoms with van der Waals surface area (Å²) in [7, 11) is 5.83. The van der Waals surface area contributed by atoms with E-state index in [2.05, 4.69) is 4.98 Å². The monoisotopic (exact) mass is 524 g/mol. The van der Waals surface area contributed by atoms with Gasteiger partial charge in [-0.05, 0) is 29.1 Å². The van der Waals surface area contributed by atoms with E-state index in [1.807, 2.05) is 0 Å². The van der Waals surface area contributed by atoms with Crippen molar-refractivity contribution in [3.05, 3.63) is 53.2 Å². The number of H-pyrrole nitrogens is 1. The minimum atomic E-state index is -0.563. The molecule has 1 aliphatic heterocycles. The SMILES string of the molecule is COC(=O)c1cccc2c3c(cc(O)c12)N(C(=O)c1cc2cc(OC)c(OC)c(OC)c2[nH]1)C[C@H]3CCl. The van der Waals surface area contributed by atoms with Gasteiger partial charge in [-0.15, -0.1) is 11.6 Å². The van der Waals surface area contributed by atoms with E-state index < -0.39 is 5.97 Å². The number of phenolic OH excluding ortho intramolecular Hbond substituents is 1. The van der Waals surface area contributed by atoms with Crippen LogP contribution in [0.15, 0.2) is 36.4 Å². The zero-order valence-electron chi connectivity index (χ0n) is 20.7. The number of aromatic hydroxyl groups is 1. The number of nitrogens with zero attached hydrogens (tertiary/aromatic N) is 1. The van der Waals surface area contributed by atoms with Gasteiger partial charge in [-0.1, -0.05) is 12.1 Å². The molecule has 4 aromatic rings. The maximum absolute atomic E-state index is 13.8. The Balaban J connectivity index is 1.66. The van der Waals surface area contributed by atoms with E-state index in [4.69, 9.17) is 30.5 Å². The highest BCUT2D eigenvalue weighted by atomic mass is 35.5. The number of aromatic amines is 1. The second kappa shape index (κ2) is 9.40. The normalized spacial score (nSPS) is 14.6. The molecule has 2 heterocycles. The smallest absolute Gasteiger partial charge is 0.338 e. The van der Waals surface area contributed by atoms with Crippen molar-refractivity contribution in [3.8, 4) is 23.0 Å². The van der Waals surface area contributed by atoms with Crippen molar-refractivity contribution in [2.24, 2.45) is 0 Å². The molecule has 5 rings (SSSR count). The summed E-state index contributed by atoms with van der Waals surface area (Å²) in [4.78, 5) is 30.9. The Bertz CT molecular complexity index is 1560. The maximum atomic E-state index is 13.8. The second-order valence-electron chi connectivity index (χ2n) is 8.61. The van der Waals surface area contributed by atoms with Crippen LogP contribution in [0.5, 0.6) is 23.0 Å². The predicted octanol–water partition coefficient (Wildman–Crippen LogP) is 4.82. The highest BCUT2D eigenvalue weighted by Gasteiger charge is 2.36. The predicted molar refractivity (Wildman–Crippen MR) is 140 cm³/mol. The summed E-state index contributed by atoms with van der Waals surface area (Å²) >= 11 is 6.35. The van der Waals surface area contributed by atoms with Gasteiger partial charge in [0, 0.05) is 35.2 Å². The standard InChI is InChI=1S/C27H25ClN2O7/c1-34-20-9-13-8-17(29-23(13)25(36-3)24(20)35-2)26(32)30-12-14(11-28)21-15-6-5-7-16(27(33)37-4)22(15)19(31)10-18(21)30/h5-10,14,29,31H,11-12H2,1-4H3/t14-/m1/s1. The minimum Gasteiger partial charge on any atom is -0.507 e. The number of nitrogens with one attached hydrogen (secondary N) is 1.